The van der Waals surface area contributed by atoms with Gasteiger partial charge >= 0.3 is 6.18 Å². The summed E-state index contributed by atoms with van der Waals surface area (Å²) in [4.78, 5) is 1.36. The number of anilines is 1. The maximum absolute atomic E-state index is 12.7. The highest BCUT2D eigenvalue weighted by Gasteiger charge is 2.32. The lowest BCUT2D eigenvalue weighted by atomic mass is 10.1. The summed E-state index contributed by atoms with van der Waals surface area (Å²) in [6.45, 7) is 3.34. The Labute approximate surface area is 131 Å². The molecular weight excluding hydrogens is 345 g/mol. The first kappa shape index (κ1) is 16.6. The Morgan fingerprint density at radius 2 is 2.00 bits per heavy atom. The van der Waals surface area contributed by atoms with Gasteiger partial charge in [-0.25, -0.2) is 0 Å². The number of alkyl halides is 3. The fourth-order valence-electron chi connectivity index (χ4n) is 2.18. The lowest BCUT2D eigenvalue weighted by molar-refractivity contribution is -0.120. The van der Waals surface area contributed by atoms with Crippen molar-refractivity contribution in [1.82, 2.24) is 5.32 Å². The van der Waals surface area contributed by atoms with Crippen molar-refractivity contribution in [2.75, 3.05) is 11.4 Å². The summed E-state index contributed by atoms with van der Waals surface area (Å²) in [6.07, 6.45) is -1.78. The monoisotopic (exact) mass is 364 g/mol. The molecule has 1 aromatic carbocycles. The average molecular weight is 365 g/mol. The van der Waals surface area contributed by atoms with Crippen LogP contribution in [0.25, 0.3) is 0 Å². The molecule has 0 radical (unpaired) electrons. The normalized spacial score (nSPS) is 15.6. The lowest BCUT2D eigenvalue weighted by Gasteiger charge is -2.31. The number of hydrogen-bond donors (Lipinski definition) is 1. The van der Waals surface area contributed by atoms with Gasteiger partial charge in [-0.1, -0.05) is 6.07 Å². The third kappa shape index (κ3) is 5.18. The predicted molar refractivity (Wildman–Crippen MR) is 82.5 cm³/mol. The number of hydrogen-bond acceptors (Lipinski definition) is 2. The second-order valence-corrected chi connectivity index (χ2v) is 6.63. The van der Waals surface area contributed by atoms with E-state index in [1.807, 2.05) is 12.1 Å². The van der Waals surface area contributed by atoms with Gasteiger partial charge in [0.2, 0.25) is 0 Å². The van der Waals surface area contributed by atoms with E-state index in [0.717, 1.165) is 12.1 Å². The molecule has 1 fully saturated rings. The number of nitrogens with one attached hydrogen (secondary N) is 1. The highest BCUT2D eigenvalue weighted by molar-refractivity contribution is 9.10. The summed E-state index contributed by atoms with van der Waals surface area (Å²) in [5.41, 5.74) is 1.66. The number of halogens is 4. The molecule has 0 spiro atoms. The second kappa shape index (κ2) is 6.57. The van der Waals surface area contributed by atoms with Crippen LogP contribution in [0.3, 0.4) is 0 Å². The van der Waals surface area contributed by atoms with Gasteiger partial charge in [0.15, 0.2) is 0 Å². The van der Waals surface area contributed by atoms with Crippen molar-refractivity contribution in [2.24, 2.45) is 0 Å². The van der Waals surface area contributed by atoms with Crippen LogP contribution in [0.1, 0.15) is 32.3 Å². The minimum absolute atomic E-state index is 0.224. The Morgan fingerprint density at radius 3 is 2.48 bits per heavy atom. The zero-order valence-electron chi connectivity index (χ0n) is 12.2. The zero-order chi connectivity index (χ0) is 15.6. The van der Waals surface area contributed by atoms with Crippen LogP contribution in [-0.2, 0) is 6.54 Å². The lowest BCUT2D eigenvalue weighted by Crippen LogP contribution is -2.39. The summed E-state index contributed by atoms with van der Waals surface area (Å²) in [5, 5.41) is 3.40. The average Bonchev–Trinajstić information content (AvgIpc) is 3.17. The van der Waals surface area contributed by atoms with Gasteiger partial charge in [0.05, 0.1) is 5.69 Å². The molecule has 0 atom stereocenters. The largest absolute Gasteiger partial charge is 0.405 e. The molecule has 118 valence electrons. The molecule has 1 aliphatic rings. The molecule has 0 unspecified atom stereocenters. The zero-order valence-corrected chi connectivity index (χ0v) is 13.8. The van der Waals surface area contributed by atoms with Crippen LogP contribution in [0.15, 0.2) is 22.7 Å². The van der Waals surface area contributed by atoms with Crippen LogP contribution in [0.4, 0.5) is 18.9 Å². The van der Waals surface area contributed by atoms with Crippen LogP contribution in [0, 0.1) is 0 Å². The first-order valence-electron chi connectivity index (χ1n) is 7.11. The van der Waals surface area contributed by atoms with E-state index in [9.17, 15) is 13.2 Å². The summed E-state index contributed by atoms with van der Waals surface area (Å²) in [5.74, 6) is 0. The van der Waals surface area contributed by atoms with Crippen molar-refractivity contribution >= 4 is 21.6 Å². The molecule has 1 aliphatic carbocycles. The van der Waals surface area contributed by atoms with Gasteiger partial charge in [0, 0.05) is 23.1 Å². The molecule has 2 nitrogen and oxygen atoms in total. The van der Waals surface area contributed by atoms with Crippen LogP contribution in [0.5, 0.6) is 0 Å². The molecule has 1 N–H and O–H groups in total. The first-order valence-corrected chi connectivity index (χ1v) is 7.91. The standard InChI is InChI=1S/C15H20BrF3N2/c1-10(2)21(9-15(17,18)19)14-6-3-11(7-13(14)16)8-20-12-4-5-12/h3,6-7,10,12,20H,4-5,8-9H2,1-2H3. The number of nitrogens with zero attached hydrogens (tertiary/aromatic N) is 1. The molecule has 0 heterocycles. The Balaban J connectivity index is 2.12. The molecular formula is C15H20BrF3N2. The van der Waals surface area contributed by atoms with Crippen LogP contribution in [0.2, 0.25) is 0 Å². The third-order valence-electron chi connectivity index (χ3n) is 3.47. The molecule has 1 aromatic rings. The molecule has 0 bridgehead atoms. The molecule has 0 saturated heterocycles. The van der Waals surface area contributed by atoms with Gasteiger partial charge in [-0.15, -0.1) is 0 Å². The second-order valence-electron chi connectivity index (χ2n) is 5.78. The van der Waals surface area contributed by atoms with E-state index in [2.05, 4.69) is 21.2 Å². The van der Waals surface area contributed by atoms with Crippen molar-refractivity contribution in [3.63, 3.8) is 0 Å². The Kier molecular flexibility index (Phi) is 5.20. The van der Waals surface area contributed by atoms with E-state index >= 15 is 0 Å². The third-order valence-corrected chi connectivity index (χ3v) is 4.10. The number of benzene rings is 1. The number of rotatable bonds is 6. The van der Waals surface area contributed by atoms with Crippen molar-refractivity contribution in [2.45, 2.75) is 51.5 Å². The predicted octanol–water partition coefficient (Wildman–Crippen LogP) is 4.48. The van der Waals surface area contributed by atoms with Crippen LogP contribution < -0.4 is 10.2 Å². The van der Waals surface area contributed by atoms with E-state index in [-0.39, 0.29) is 6.04 Å². The van der Waals surface area contributed by atoms with Crippen molar-refractivity contribution in [3.05, 3.63) is 28.2 Å². The first-order chi connectivity index (χ1) is 9.76. The van der Waals surface area contributed by atoms with Gasteiger partial charge in [0.25, 0.3) is 0 Å². The molecule has 21 heavy (non-hydrogen) atoms. The fourth-order valence-corrected chi connectivity index (χ4v) is 2.84. The molecule has 2 rings (SSSR count). The minimum atomic E-state index is -4.21. The maximum atomic E-state index is 12.7. The molecule has 1 saturated carbocycles. The van der Waals surface area contributed by atoms with Gasteiger partial charge in [-0.2, -0.15) is 13.2 Å². The maximum Gasteiger partial charge on any atom is 0.405 e. The van der Waals surface area contributed by atoms with Crippen molar-refractivity contribution in [1.29, 1.82) is 0 Å². The van der Waals surface area contributed by atoms with Gasteiger partial charge in [-0.3, -0.25) is 0 Å². The van der Waals surface area contributed by atoms with E-state index in [4.69, 9.17) is 0 Å². The summed E-state index contributed by atoms with van der Waals surface area (Å²) < 4.78 is 38.8. The van der Waals surface area contributed by atoms with Crippen molar-refractivity contribution in [3.8, 4) is 0 Å². The summed E-state index contributed by atoms with van der Waals surface area (Å²) >= 11 is 3.41. The fraction of sp³-hybridized carbons (Fsp3) is 0.600. The van der Waals surface area contributed by atoms with Gasteiger partial charge in [-0.05, 0) is 60.3 Å². The quantitative estimate of drug-likeness (QED) is 0.800. The van der Waals surface area contributed by atoms with E-state index in [1.165, 1.54) is 17.7 Å². The van der Waals surface area contributed by atoms with Crippen molar-refractivity contribution < 1.29 is 13.2 Å². The smallest absolute Gasteiger partial charge is 0.359 e. The van der Waals surface area contributed by atoms with Crippen LogP contribution in [-0.4, -0.2) is 24.8 Å². The Hall–Kier alpha value is -0.750. The van der Waals surface area contributed by atoms with E-state index < -0.39 is 12.7 Å². The van der Waals surface area contributed by atoms with Crippen LogP contribution >= 0.6 is 15.9 Å². The minimum Gasteiger partial charge on any atom is -0.359 e. The highest BCUT2D eigenvalue weighted by atomic mass is 79.9. The van der Waals surface area contributed by atoms with E-state index in [0.29, 0.717) is 16.2 Å². The molecule has 6 heteroatoms. The molecule has 0 amide bonds. The SMILES string of the molecule is CC(C)N(CC(F)(F)F)c1ccc(CNC2CC2)cc1Br. The summed E-state index contributed by atoms with van der Waals surface area (Å²) in [6, 6.07) is 5.94. The molecule has 0 aromatic heterocycles. The molecule has 0 aliphatic heterocycles. The Bertz CT molecular complexity index is 484. The Morgan fingerprint density at radius 1 is 1.33 bits per heavy atom. The van der Waals surface area contributed by atoms with Gasteiger partial charge < -0.3 is 10.2 Å². The topological polar surface area (TPSA) is 15.3 Å². The van der Waals surface area contributed by atoms with E-state index in [1.54, 1.807) is 19.9 Å². The summed E-state index contributed by atoms with van der Waals surface area (Å²) in [7, 11) is 0. The van der Waals surface area contributed by atoms with Gasteiger partial charge in [0.1, 0.15) is 6.54 Å². The highest BCUT2D eigenvalue weighted by Crippen LogP contribution is 2.31.